The summed E-state index contributed by atoms with van der Waals surface area (Å²) >= 11 is 24.2. The van der Waals surface area contributed by atoms with Gasteiger partial charge < -0.3 is 20.7 Å². The molecule has 0 spiro atoms. The monoisotopic (exact) mass is 481 g/mol. The van der Waals surface area contributed by atoms with E-state index in [0.717, 1.165) is 0 Å². The van der Waals surface area contributed by atoms with Gasteiger partial charge in [-0.15, -0.1) is 0 Å². The predicted octanol–water partition coefficient (Wildman–Crippen LogP) is 5.64. The van der Waals surface area contributed by atoms with Gasteiger partial charge in [-0.05, 0) is 49.0 Å². The first-order valence-corrected chi connectivity index (χ1v) is 10.4. The van der Waals surface area contributed by atoms with Crippen LogP contribution in [0.1, 0.15) is 18.5 Å². The molecule has 2 aromatic rings. The summed E-state index contributed by atoms with van der Waals surface area (Å²) < 4.78 is 5.52. The Hall–Kier alpha value is -2.25. The van der Waals surface area contributed by atoms with E-state index in [1.807, 2.05) is 0 Å². The molecule has 5 nitrogen and oxygen atoms in total. The molecule has 1 atom stereocenters. The lowest BCUT2D eigenvalue weighted by Crippen LogP contribution is -2.45. The molecule has 0 aliphatic carbocycles. The van der Waals surface area contributed by atoms with Gasteiger partial charge in [-0.1, -0.05) is 59.6 Å². The minimum atomic E-state index is -0.579. The van der Waals surface area contributed by atoms with E-state index in [-0.39, 0.29) is 12.5 Å². The number of rotatable bonds is 6. The highest BCUT2D eigenvalue weighted by molar-refractivity contribution is 7.80. The van der Waals surface area contributed by atoms with E-state index in [1.165, 1.54) is 0 Å². The summed E-state index contributed by atoms with van der Waals surface area (Å²) in [5.74, 6) is 0.00796. The van der Waals surface area contributed by atoms with Crippen LogP contribution in [-0.2, 0) is 4.79 Å². The molecule has 156 valence electrons. The number of benzene rings is 2. The van der Waals surface area contributed by atoms with Gasteiger partial charge in [0.25, 0.3) is 5.91 Å². The van der Waals surface area contributed by atoms with Crippen LogP contribution >= 0.6 is 47.0 Å². The van der Waals surface area contributed by atoms with E-state index in [4.69, 9.17) is 51.8 Å². The minimum absolute atomic E-state index is 0.263. The van der Waals surface area contributed by atoms with E-state index in [1.54, 1.807) is 49.4 Å². The number of para-hydroxylation sites is 1. The number of carbonyl (C=O) groups excluding carboxylic acids is 1. The van der Waals surface area contributed by atoms with E-state index < -0.39 is 6.04 Å². The van der Waals surface area contributed by atoms with Crippen molar-refractivity contribution in [3.8, 4) is 5.75 Å². The number of allylic oxidation sites excluding steroid dienone is 1. The Labute approximate surface area is 195 Å². The summed E-state index contributed by atoms with van der Waals surface area (Å²) in [6.07, 6.45) is 1.59. The normalized spacial score (nSPS) is 15.9. The lowest BCUT2D eigenvalue weighted by Gasteiger charge is -2.31. The number of hydrogen-bond donors (Lipinski definition) is 3. The van der Waals surface area contributed by atoms with Gasteiger partial charge >= 0.3 is 0 Å². The molecule has 0 bridgehead atoms. The van der Waals surface area contributed by atoms with Crippen molar-refractivity contribution in [2.24, 2.45) is 0 Å². The van der Waals surface area contributed by atoms with Gasteiger partial charge in [0.1, 0.15) is 6.61 Å². The fourth-order valence-electron chi connectivity index (χ4n) is 3.02. The Bertz CT molecular complexity index is 1030. The minimum Gasteiger partial charge on any atom is -0.486 e. The summed E-state index contributed by atoms with van der Waals surface area (Å²) in [6, 6.07) is 9.79. The van der Waals surface area contributed by atoms with Crippen molar-refractivity contribution in [3.05, 3.63) is 81.0 Å². The number of nitrogens with one attached hydrogen (secondary N) is 3. The van der Waals surface area contributed by atoms with Crippen molar-refractivity contribution < 1.29 is 9.53 Å². The van der Waals surface area contributed by atoms with Crippen molar-refractivity contribution in [2.75, 3.05) is 11.9 Å². The van der Waals surface area contributed by atoms with Crippen molar-refractivity contribution in [3.63, 3.8) is 0 Å². The number of ether oxygens (including phenoxy) is 1. The van der Waals surface area contributed by atoms with Crippen molar-refractivity contribution >= 4 is 63.7 Å². The first-order valence-electron chi connectivity index (χ1n) is 8.88. The molecule has 1 aliphatic heterocycles. The summed E-state index contributed by atoms with van der Waals surface area (Å²) in [5.41, 5.74) is 2.19. The van der Waals surface area contributed by atoms with E-state index in [9.17, 15) is 4.79 Å². The second kappa shape index (κ2) is 9.71. The number of amides is 1. The molecule has 1 aliphatic rings. The lowest BCUT2D eigenvalue weighted by atomic mass is 9.94. The zero-order chi connectivity index (χ0) is 21.8. The van der Waals surface area contributed by atoms with Crippen molar-refractivity contribution in [2.45, 2.75) is 13.0 Å². The van der Waals surface area contributed by atoms with Crippen LogP contribution in [-0.4, -0.2) is 17.6 Å². The number of thiocarbonyl (C=S) groups is 1. The fraction of sp³-hybridized carbons (Fsp3) is 0.143. The Kier molecular flexibility index (Phi) is 7.26. The van der Waals surface area contributed by atoms with Gasteiger partial charge in [0.2, 0.25) is 0 Å². The zero-order valence-electron chi connectivity index (χ0n) is 15.9. The smallest absolute Gasteiger partial charge is 0.255 e. The lowest BCUT2D eigenvalue weighted by molar-refractivity contribution is -0.113. The molecule has 1 amide bonds. The quantitative estimate of drug-likeness (QED) is 0.367. The SMILES string of the molecule is C=CCOc1c(Cl)cc([C@H]2NC(=S)NC(C)=C2C(=O)Nc2ccccc2Cl)cc1Cl. The molecular weight excluding hydrogens is 465 g/mol. The molecule has 0 saturated carbocycles. The highest BCUT2D eigenvalue weighted by Crippen LogP contribution is 2.38. The van der Waals surface area contributed by atoms with E-state index in [2.05, 4.69) is 22.5 Å². The van der Waals surface area contributed by atoms with Crippen LogP contribution < -0.4 is 20.7 Å². The van der Waals surface area contributed by atoms with Gasteiger partial charge in [0, 0.05) is 5.70 Å². The Morgan fingerprint density at radius 3 is 2.53 bits per heavy atom. The molecule has 0 unspecified atom stereocenters. The highest BCUT2D eigenvalue weighted by Gasteiger charge is 2.31. The molecule has 3 N–H and O–H groups in total. The molecule has 0 saturated heterocycles. The van der Waals surface area contributed by atoms with Crippen LogP contribution in [0.15, 0.2) is 60.3 Å². The highest BCUT2D eigenvalue weighted by atomic mass is 35.5. The zero-order valence-corrected chi connectivity index (χ0v) is 19.0. The second-order valence-corrected chi connectivity index (χ2v) is 8.05. The molecule has 3 rings (SSSR count). The van der Waals surface area contributed by atoms with Crippen molar-refractivity contribution in [1.82, 2.24) is 10.6 Å². The van der Waals surface area contributed by atoms with Gasteiger partial charge in [-0.25, -0.2) is 0 Å². The molecule has 2 aromatic carbocycles. The number of hydrogen-bond acceptors (Lipinski definition) is 3. The summed E-state index contributed by atoms with van der Waals surface area (Å²) in [4.78, 5) is 13.1. The maximum atomic E-state index is 13.1. The predicted molar refractivity (Wildman–Crippen MR) is 127 cm³/mol. The Morgan fingerprint density at radius 2 is 1.90 bits per heavy atom. The van der Waals surface area contributed by atoms with Crippen LogP contribution in [0, 0.1) is 0 Å². The second-order valence-electron chi connectivity index (χ2n) is 6.42. The standard InChI is InChI=1S/C21H18Cl3N3O2S/c1-3-8-29-19-14(23)9-12(10-15(19)24)18-17(11(2)25-21(30)27-18)20(28)26-16-7-5-4-6-13(16)22/h3-7,9-10,18H,1,8H2,2H3,(H,26,28)(H2,25,27,30)/t18-/m1/s1. The maximum Gasteiger partial charge on any atom is 0.255 e. The molecule has 0 aromatic heterocycles. The van der Waals surface area contributed by atoms with Gasteiger partial charge in [-0.2, -0.15) is 0 Å². The molecule has 9 heteroatoms. The molecule has 30 heavy (non-hydrogen) atoms. The van der Waals surface area contributed by atoms with Crippen LogP contribution in [0.3, 0.4) is 0 Å². The summed E-state index contributed by atoms with van der Waals surface area (Å²) in [5, 5.41) is 10.4. The third-order valence-electron chi connectivity index (χ3n) is 4.34. The molecule has 0 fully saturated rings. The van der Waals surface area contributed by atoms with Crippen LogP contribution in [0.25, 0.3) is 0 Å². The van der Waals surface area contributed by atoms with Gasteiger partial charge in [-0.3, -0.25) is 4.79 Å². The van der Waals surface area contributed by atoms with Crippen LogP contribution in [0.2, 0.25) is 15.1 Å². The first-order chi connectivity index (χ1) is 14.3. The summed E-state index contributed by atoms with van der Waals surface area (Å²) in [7, 11) is 0. The third-order valence-corrected chi connectivity index (χ3v) is 5.45. The Morgan fingerprint density at radius 1 is 1.23 bits per heavy atom. The van der Waals surface area contributed by atoms with Gasteiger partial charge in [0.15, 0.2) is 10.9 Å². The largest absolute Gasteiger partial charge is 0.486 e. The van der Waals surface area contributed by atoms with Gasteiger partial charge in [0.05, 0.1) is 32.4 Å². The van der Waals surface area contributed by atoms with Crippen LogP contribution in [0.5, 0.6) is 5.75 Å². The number of halogens is 3. The fourth-order valence-corrected chi connectivity index (χ4v) is 4.09. The average Bonchev–Trinajstić information content (AvgIpc) is 2.68. The topological polar surface area (TPSA) is 62.4 Å². The molecule has 1 heterocycles. The first kappa shape index (κ1) is 22.4. The molecule has 0 radical (unpaired) electrons. The van der Waals surface area contributed by atoms with Crippen molar-refractivity contribution in [1.29, 1.82) is 0 Å². The molecular formula is C21H18Cl3N3O2S. The summed E-state index contributed by atoms with van der Waals surface area (Å²) in [6.45, 7) is 5.64. The Balaban J connectivity index is 1.99. The maximum absolute atomic E-state index is 13.1. The number of carbonyl (C=O) groups is 1. The average molecular weight is 483 g/mol. The van der Waals surface area contributed by atoms with E-state index >= 15 is 0 Å². The van der Waals surface area contributed by atoms with Crippen LogP contribution in [0.4, 0.5) is 5.69 Å². The third kappa shape index (κ3) is 4.90. The number of anilines is 1. The van der Waals surface area contributed by atoms with E-state index in [0.29, 0.717) is 48.5 Å².